The summed E-state index contributed by atoms with van der Waals surface area (Å²) in [6, 6.07) is 12.8. The number of ether oxygens (including phenoxy) is 2. The quantitative estimate of drug-likeness (QED) is 0.634. The van der Waals surface area contributed by atoms with Crippen LogP contribution in [0.3, 0.4) is 0 Å². The third-order valence-electron chi connectivity index (χ3n) is 3.33. The van der Waals surface area contributed by atoms with Crippen LogP contribution in [0, 0.1) is 0 Å². The van der Waals surface area contributed by atoms with Gasteiger partial charge in [0.15, 0.2) is 0 Å². The molecule has 0 bridgehead atoms. The van der Waals surface area contributed by atoms with Crippen molar-refractivity contribution in [3.05, 3.63) is 53.0 Å². The van der Waals surface area contributed by atoms with Crippen molar-refractivity contribution < 1.29 is 22.7 Å². The molecule has 0 radical (unpaired) electrons. The Bertz CT molecular complexity index is 836. The minimum absolute atomic E-state index is 0.0610. The highest BCUT2D eigenvalue weighted by molar-refractivity contribution is 9.10. The molecule has 0 heterocycles. The molecule has 8 heteroatoms. The molecule has 0 N–H and O–H groups in total. The number of hydrogen-bond acceptors (Lipinski definition) is 5. The van der Waals surface area contributed by atoms with E-state index in [2.05, 4.69) is 15.9 Å². The summed E-state index contributed by atoms with van der Waals surface area (Å²) in [5.74, 6) is -0.304. The Kier molecular flexibility index (Phi) is 6.44. The number of para-hydroxylation sites is 2. The Balaban J connectivity index is 2.54. The van der Waals surface area contributed by atoms with Crippen LogP contribution in [0.15, 0.2) is 57.9 Å². The van der Waals surface area contributed by atoms with Crippen molar-refractivity contribution in [1.82, 2.24) is 0 Å². The fourth-order valence-electron chi connectivity index (χ4n) is 2.19. The molecule has 0 saturated carbocycles. The fourth-order valence-corrected chi connectivity index (χ4v) is 3.88. The molecule has 0 aliphatic rings. The van der Waals surface area contributed by atoms with Crippen molar-refractivity contribution in [2.75, 3.05) is 24.6 Å². The third-order valence-corrected chi connectivity index (χ3v) is 5.64. The molecular formula is C17H18BrNO5S. The largest absolute Gasteiger partial charge is 0.495 e. The lowest BCUT2D eigenvalue weighted by Gasteiger charge is -2.25. The summed E-state index contributed by atoms with van der Waals surface area (Å²) in [5.41, 5.74) is 0.265. The topological polar surface area (TPSA) is 72.9 Å². The van der Waals surface area contributed by atoms with E-state index in [1.807, 2.05) is 0 Å². The molecule has 0 aliphatic heterocycles. The highest BCUT2D eigenvalue weighted by Crippen LogP contribution is 2.32. The SMILES string of the molecule is CCOC(=O)CN(c1ccccc1OC)S(=O)(=O)c1ccc(Br)cc1. The van der Waals surface area contributed by atoms with E-state index >= 15 is 0 Å². The van der Waals surface area contributed by atoms with Gasteiger partial charge in [0.05, 0.1) is 24.3 Å². The van der Waals surface area contributed by atoms with Crippen molar-refractivity contribution in [3.8, 4) is 5.75 Å². The number of rotatable bonds is 7. The zero-order valence-corrected chi connectivity index (χ0v) is 16.2. The molecule has 6 nitrogen and oxygen atoms in total. The number of anilines is 1. The third kappa shape index (κ3) is 4.52. The maximum Gasteiger partial charge on any atom is 0.326 e. The first-order valence-electron chi connectivity index (χ1n) is 7.47. The summed E-state index contributed by atoms with van der Waals surface area (Å²) >= 11 is 3.28. The van der Waals surface area contributed by atoms with Gasteiger partial charge in [0.2, 0.25) is 0 Å². The average molecular weight is 428 g/mol. The molecule has 0 atom stereocenters. The first kappa shape index (κ1) is 19.3. The zero-order chi connectivity index (χ0) is 18.4. The molecule has 0 fully saturated rings. The highest BCUT2D eigenvalue weighted by Gasteiger charge is 2.29. The highest BCUT2D eigenvalue weighted by atomic mass is 79.9. The number of benzene rings is 2. The Labute approximate surface area is 155 Å². The molecule has 0 saturated heterocycles. The lowest BCUT2D eigenvalue weighted by molar-refractivity contribution is -0.141. The smallest absolute Gasteiger partial charge is 0.326 e. The Morgan fingerprint density at radius 2 is 1.76 bits per heavy atom. The van der Waals surface area contributed by atoms with Crippen LogP contribution in [0.25, 0.3) is 0 Å². The van der Waals surface area contributed by atoms with Crippen LogP contribution in [0.5, 0.6) is 5.75 Å². The van der Waals surface area contributed by atoms with Gasteiger partial charge in [-0.1, -0.05) is 28.1 Å². The van der Waals surface area contributed by atoms with Crippen LogP contribution in [-0.4, -0.2) is 34.6 Å². The zero-order valence-electron chi connectivity index (χ0n) is 13.8. The molecule has 2 aromatic rings. The number of sulfonamides is 1. The van der Waals surface area contributed by atoms with Gasteiger partial charge in [-0.3, -0.25) is 9.10 Å². The van der Waals surface area contributed by atoms with E-state index in [1.54, 1.807) is 43.3 Å². The van der Waals surface area contributed by atoms with Gasteiger partial charge < -0.3 is 9.47 Å². The molecular weight excluding hydrogens is 410 g/mol. The second kappa shape index (κ2) is 8.35. The van der Waals surface area contributed by atoms with E-state index in [4.69, 9.17) is 9.47 Å². The van der Waals surface area contributed by atoms with Crippen molar-refractivity contribution in [2.24, 2.45) is 0 Å². The van der Waals surface area contributed by atoms with Crippen LogP contribution < -0.4 is 9.04 Å². The summed E-state index contributed by atoms with van der Waals surface area (Å²) in [5, 5.41) is 0. The van der Waals surface area contributed by atoms with Gasteiger partial charge in [-0.25, -0.2) is 8.42 Å². The summed E-state index contributed by atoms with van der Waals surface area (Å²) < 4.78 is 38.1. The van der Waals surface area contributed by atoms with Gasteiger partial charge in [-0.2, -0.15) is 0 Å². The Morgan fingerprint density at radius 1 is 1.12 bits per heavy atom. The van der Waals surface area contributed by atoms with Gasteiger partial charge in [-0.15, -0.1) is 0 Å². The van der Waals surface area contributed by atoms with Crippen LogP contribution in [-0.2, 0) is 19.6 Å². The minimum Gasteiger partial charge on any atom is -0.495 e. The number of nitrogens with zero attached hydrogens (tertiary/aromatic N) is 1. The van der Waals surface area contributed by atoms with Crippen LogP contribution >= 0.6 is 15.9 Å². The fraction of sp³-hybridized carbons (Fsp3) is 0.235. The van der Waals surface area contributed by atoms with E-state index < -0.39 is 22.5 Å². The average Bonchev–Trinajstić information content (AvgIpc) is 2.60. The standard InChI is InChI=1S/C17H18BrNO5S/c1-3-24-17(20)12-19(15-6-4-5-7-16(15)23-2)25(21,22)14-10-8-13(18)9-11-14/h4-11H,3,12H2,1-2H3. The second-order valence-electron chi connectivity index (χ2n) is 4.94. The Hall–Kier alpha value is -2.06. The normalized spacial score (nSPS) is 11.0. The van der Waals surface area contributed by atoms with Crippen molar-refractivity contribution in [1.29, 1.82) is 0 Å². The summed E-state index contributed by atoms with van der Waals surface area (Å²) in [6.07, 6.45) is 0. The van der Waals surface area contributed by atoms with E-state index in [9.17, 15) is 13.2 Å². The number of carbonyl (C=O) groups is 1. The molecule has 0 unspecified atom stereocenters. The first-order valence-corrected chi connectivity index (χ1v) is 9.70. The molecule has 0 spiro atoms. The number of halogens is 1. The van der Waals surface area contributed by atoms with E-state index in [0.717, 1.165) is 8.78 Å². The minimum atomic E-state index is -3.99. The molecule has 2 rings (SSSR count). The van der Waals surface area contributed by atoms with Gasteiger partial charge in [0.25, 0.3) is 10.0 Å². The molecule has 0 amide bonds. The molecule has 0 aromatic heterocycles. The Morgan fingerprint density at radius 3 is 2.36 bits per heavy atom. The molecule has 0 aliphatic carbocycles. The summed E-state index contributed by atoms with van der Waals surface area (Å²) in [7, 11) is -2.55. The van der Waals surface area contributed by atoms with Gasteiger partial charge in [0, 0.05) is 4.47 Å². The van der Waals surface area contributed by atoms with E-state index in [1.165, 1.54) is 19.2 Å². The number of methoxy groups -OCH3 is 1. The predicted molar refractivity (Wildman–Crippen MR) is 98.3 cm³/mol. The van der Waals surface area contributed by atoms with Crippen molar-refractivity contribution in [2.45, 2.75) is 11.8 Å². The maximum absolute atomic E-state index is 13.1. The van der Waals surface area contributed by atoms with E-state index in [-0.39, 0.29) is 17.2 Å². The van der Waals surface area contributed by atoms with Crippen LogP contribution in [0.2, 0.25) is 0 Å². The van der Waals surface area contributed by atoms with E-state index in [0.29, 0.717) is 5.75 Å². The maximum atomic E-state index is 13.1. The number of carbonyl (C=O) groups excluding carboxylic acids is 1. The summed E-state index contributed by atoms with van der Waals surface area (Å²) in [6.45, 7) is 1.37. The van der Waals surface area contributed by atoms with Crippen LogP contribution in [0.1, 0.15) is 6.92 Å². The van der Waals surface area contributed by atoms with Gasteiger partial charge in [-0.05, 0) is 43.3 Å². The molecule has 2 aromatic carbocycles. The number of esters is 1. The monoisotopic (exact) mass is 427 g/mol. The van der Waals surface area contributed by atoms with Crippen molar-refractivity contribution in [3.63, 3.8) is 0 Å². The molecule has 134 valence electrons. The number of hydrogen-bond donors (Lipinski definition) is 0. The predicted octanol–water partition coefficient (Wildman–Crippen LogP) is 3.22. The molecule has 25 heavy (non-hydrogen) atoms. The van der Waals surface area contributed by atoms with Gasteiger partial charge >= 0.3 is 5.97 Å². The second-order valence-corrected chi connectivity index (χ2v) is 7.72. The first-order chi connectivity index (χ1) is 11.9. The lowest BCUT2D eigenvalue weighted by atomic mass is 10.3. The van der Waals surface area contributed by atoms with Crippen molar-refractivity contribution >= 4 is 37.6 Å². The lowest BCUT2D eigenvalue weighted by Crippen LogP contribution is -2.36. The van der Waals surface area contributed by atoms with Crippen LogP contribution in [0.4, 0.5) is 5.69 Å². The summed E-state index contributed by atoms with van der Waals surface area (Å²) in [4.78, 5) is 12.0. The van der Waals surface area contributed by atoms with Gasteiger partial charge in [0.1, 0.15) is 12.3 Å².